The summed E-state index contributed by atoms with van der Waals surface area (Å²) < 4.78 is 26.2. The van der Waals surface area contributed by atoms with Crippen LogP contribution in [-0.2, 0) is 49.5 Å². The van der Waals surface area contributed by atoms with E-state index in [1.165, 1.54) is 0 Å². The molecule has 1 aromatic carbocycles. The Balaban J connectivity index is 1.34. The second-order valence-corrected chi connectivity index (χ2v) is 17.0. The number of aliphatic hydroxyl groups excluding tert-OH is 1. The van der Waals surface area contributed by atoms with E-state index in [9.17, 15) is 24.3 Å². The van der Waals surface area contributed by atoms with Gasteiger partial charge in [0.15, 0.2) is 11.8 Å². The van der Waals surface area contributed by atoms with E-state index in [4.69, 9.17) is 23.8 Å². The van der Waals surface area contributed by atoms with Crippen LogP contribution in [0.5, 0.6) is 0 Å². The van der Waals surface area contributed by atoms with Gasteiger partial charge in [0, 0.05) is 42.2 Å². The average molecular weight is 856 g/mol. The smallest absolute Gasteiger partial charge is 0.327 e. The van der Waals surface area contributed by atoms with Crippen molar-refractivity contribution in [3.63, 3.8) is 0 Å². The molecular weight excluding hydrogens is 797 g/mol. The second-order valence-electron chi connectivity index (χ2n) is 15.9. The van der Waals surface area contributed by atoms with Crippen molar-refractivity contribution in [2.45, 2.75) is 166 Å². The number of carbonyl (C=O) groups excluding carboxylic acids is 4. The summed E-state index contributed by atoms with van der Waals surface area (Å²) in [5.41, 5.74) is -1.05. The SMILES string of the molecule is CCCCCC1(CCCCC)OC2C3CC4(C(=O)NCCC(=O)NC(CO)CCC(=O)OC(C)(C)C)C(ON(Cc5ccccc5I)C4C(=O)O3)C2O1. The number of hydroxylamine groups is 2. The van der Waals surface area contributed by atoms with Gasteiger partial charge < -0.3 is 34.7 Å². The van der Waals surface area contributed by atoms with Gasteiger partial charge in [0.25, 0.3) is 0 Å². The first-order valence-corrected chi connectivity index (χ1v) is 20.5. The van der Waals surface area contributed by atoms with Gasteiger partial charge in [-0.2, -0.15) is 5.06 Å². The van der Waals surface area contributed by atoms with E-state index in [1.807, 2.05) is 24.3 Å². The Bertz CT molecular complexity index is 1440. The van der Waals surface area contributed by atoms with Crippen molar-refractivity contribution in [2.75, 3.05) is 13.2 Å². The lowest BCUT2D eigenvalue weighted by atomic mass is 9.62. The highest BCUT2D eigenvalue weighted by Gasteiger charge is 2.76. The molecule has 296 valence electrons. The number of unbranched alkanes of at least 4 members (excludes halogenated alkanes) is 4. The summed E-state index contributed by atoms with van der Waals surface area (Å²) in [7, 11) is 0. The van der Waals surface area contributed by atoms with Gasteiger partial charge in [0.1, 0.15) is 35.4 Å². The largest absolute Gasteiger partial charge is 0.460 e. The zero-order valence-corrected chi connectivity index (χ0v) is 34.0. The Kier molecular flexibility index (Phi) is 14.2. The van der Waals surface area contributed by atoms with Gasteiger partial charge in [-0.05, 0) is 74.3 Å². The molecule has 0 spiro atoms. The minimum atomic E-state index is -1.36. The second kappa shape index (κ2) is 18.1. The Morgan fingerprint density at radius 1 is 1.04 bits per heavy atom. The van der Waals surface area contributed by atoms with Gasteiger partial charge in [-0.1, -0.05) is 57.7 Å². The summed E-state index contributed by atoms with van der Waals surface area (Å²) in [5.74, 6) is -2.64. The number of nitrogens with zero attached hydrogens (tertiary/aromatic N) is 1. The van der Waals surface area contributed by atoms with Crippen LogP contribution >= 0.6 is 22.6 Å². The molecule has 0 radical (unpaired) electrons. The van der Waals surface area contributed by atoms with Gasteiger partial charge in [-0.25, -0.2) is 0 Å². The van der Waals surface area contributed by atoms with E-state index in [1.54, 1.807) is 25.8 Å². The van der Waals surface area contributed by atoms with E-state index in [0.717, 1.165) is 47.7 Å². The van der Waals surface area contributed by atoms with E-state index >= 15 is 0 Å². The van der Waals surface area contributed by atoms with Crippen molar-refractivity contribution in [1.29, 1.82) is 0 Å². The minimum absolute atomic E-state index is 0.0181. The first kappa shape index (κ1) is 41.8. The quantitative estimate of drug-likeness (QED) is 0.0993. The molecule has 5 rings (SSSR count). The monoisotopic (exact) mass is 855 g/mol. The summed E-state index contributed by atoms with van der Waals surface area (Å²) in [5, 5.41) is 17.1. The molecule has 0 aromatic heterocycles. The number of hydrogen-bond donors (Lipinski definition) is 3. The number of aliphatic hydroxyl groups is 1. The topological polar surface area (TPSA) is 162 Å². The normalized spacial score (nSPS) is 27.8. The number of esters is 2. The van der Waals surface area contributed by atoms with Crippen LogP contribution in [0.4, 0.5) is 0 Å². The highest BCUT2D eigenvalue weighted by Crippen LogP contribution is 2.58. The van der Waals surface area contributed by atoms with E-state index < -0.39 is 77.1 Å². The van der Waals surface area contributed by atoms with E-state index in [2.05, 4.69) is 47.1 Å². The number of carbonyl (C=O) groups is 4. The summed E-state index contributed by atoms with van der Waals surface area (Å²) in [6.07, 6.45) is 4.97. The predicted molar refractivity (Wildman–Crippen MR) is 203 cm³/mol. The average Bonchev–Trinajstić information content (AvgIpc) is 3.65. The van der Waals surface area contributed by atoms with E-state index in [-0.39, 0.29) is 45.4 Å². The maximum absolute atomic E-state index is 14.6. The maximum Gasteiger partial charge on any atom is 0.327 e. The fourth-order valence-electron chi connectivity index (χ4n) is 8.14. The van der Waals surface area contributed by atoms with Crippen molar-refractivity contribution >= 4 is 46.3 Å². The Hall–Kier alpha value is -2.37. The fourth-order valence-corrected chi connectivity index (χ4v) is 8.70. The zero-order valence-electron chi connectivity index (χ0n) is 31.8. The lowest BCUT2D eigenvalue weighted by molar-refractivity contribution is -0.224. The van der Waals surface area contributed by atoms with Crippen LogP contribution in [0.2, 0.25) is 0 Å². The summed E-state index contributed by atoms with van der Waals surface area (Å²) in [6.45, 7) is 9.51. The molecule has 3 aliphatic heterocycles. The van der Waals surface area contributed by atoms with Crippen LogP contribution < -0.4 is 10.6 Å². The number of nitrogens with one attached hydrogen (secondary N) is 2. The van der Waals surface area contributed by atoms with Gasteiger partial charge in [0.05, 0.1) is 19.2 Å². The molecule has 1 saturated carbocycles. The molecule has 1 aromatic rings. The number of hydrogen-bond acceptors (Lipinski definition) is 11. The molecular formula is C39H58IN3O10. The van der Waals surface area contributed by atoms with Crippen molar-refractivity contribution in [3.05, 3.63) is 33.4 Å². The third kappa shape index (κ3) is 9.72. The van der Waals surface area contributed by atoms with Crippen LogP contribution in [-0.4, -0.2) is 95.0 Å². The first-order chi connectivity index (χ1) is 25.3. The van der Waals surface area contributed by atoms with Gasteiger partial charge in [0.2, 0.25) is 11.8 Å². The molecule has 3 saturated heterocycles. The van der Waals surface area contributed by atoms with Gasteiger partial charge in [-0.3, -0.25) is 24.0 Å². The molecule has 53 heavy (non-hydrogen) atoms. The van der Waals surface area contributed by atoms with Crippen LogP contribution in [0.3, 0.4) is 0 Å². The minimum Gasteiger partial charge on any atom is -0.460 e. The van der Waals surface area contributed by atoms with Crippen LogP contribution in [0, 0.1) is 8.99 Å². The van der Waals surface area contributed by atoms with Crippen LogP contribution in [0.15, 0.2) is 24.3 Å². The lowest BCUT2D eigenvalue weighted by Crippen LogP contribution is -2.69. The standard InChI is InChI=1S/C39H58IN3O10/c1-6-8-12-19-38(20-13-9-7-2)51-31-28-22-39(36(48)41-21-18-29(45)42-26(24-44)16-17-30(46)50-37(3,4)5)33(35(47)49-28)43(53-34(39)32(31)52-38)23-25-14-10-11-15-27(25)40/h10-11,14-15,26,28,31-34,44H,6-9,12-13,16-24H2,1-5H3,(H,41,48)(H,42,45). The Morgan fingerprint density at radius 2 is 1.72 bits per heavy atom. The molecule has 7 atom stereocenters. The van der Waals surface area contributed by atoms with Crippen LogP contribution in [0.1, 0.15) is 117 Å². The molecule has 3 heterocycles. The van der Waals surface area contributed by atoms with Crippen molar-refractivity contribution in [3.8, 4) is 0 Å². The third-order valence-corrected chi connectivity index (χ3v) is 11.7. The molecule has 7 unspecified atom stereocenters. The third-order valence-electron chi connectivity index (χ3n) is 10.6. The molecule has 4 fully saturated rings. The number of fused-ring (bicyclic) bond motifs is 4. The lowest BCUT2D eigenvalue weighted by Gasteiger charge is -2.48. The Morgan fingerprint density at radius 3 is 2.36 bits per heavy atom. The number of amides is 2. The summed E-state index contributed by atoms with van der Waals surface area (Å²) in [6, 6.07) is 6.11. The first-order valence-electron chi connectivity index (χ1n) is 19.4. The van der Waals surface area contributed by atoms with E-state index in [0.29, 0.717) is 12.8 Å². The molecule has 13 nitrogen and oxygen atoms in total. The summed E-state index contributed by atoms with van der Waals surface area (Å²) in [4.78, 5) is 60.4. The highest BCUT2D eigenvalue weighted by molar-refractivity contribution is 14.1. The molecule has 1 aliphatic carbocycles. The summed E-state index contributed by atoms with van der Waals surface area (Å²) >= 11 is 2.25. The highest BCUT2D eigenvalue weighted by atomic mass is 127. The van der Waals surface area contributed by atoms with Crippen molar-refractivity contribution < 1.29 is 48.1 Å². The number of ether oxygens (including phenoxy) is 4. The molecule has 2 bridgehead atoms. The predicted octanol–water partition coefficient (Wildman–Crippen LogP) is 4.84. The molecule has 14 heteroatoms. The maximum atomic E-state index is 14.6. The van der Waals surface area contributed by atoms with Gasteiger partial charge in [-0.15, -0.1) is 0 Å². The zero-order chi connectivity index (χ0) is 38.4. The van der Waals surface area contributed by atoms with Crippen LogP contribution in [0.25, 0.3) is 0 Å². The number of halogens is 1. The number of rotatable bonds is 19. The molecule has 2 amide bonds. The Labute approximate surface area is 327 Å². The van der Waals surface area contributed by atoms with Crippen molar-refractivity contribution in [2.24, 2.45) is 5.41 Å². The molecule has 3 N–H and O–H groups in total. The number of benzene rings is 1. The van der Waals surface area contributed by atoms with Crippen molar-refractivity contribution in [1.82, 2.24) is 15.7 Å². The molecule has 4 aliphatic rings. The van der Waals surface area contributed by atoms with Gasteiger partial charge >= 0.3 is 11.9 Å². The fraction of sp³-hybridized carbons (Fsp3) is 0.744.